The third-order valence-electron chi connectivity index (χ3n) is 19.4. The molecule has 4 aliphatic heterocycles. The average molecular weight is 1340 g/mol. The van der Waals surface area contributed by atoms with Gasteiger partial charge in [-0.2, -0.15) is 0 Å². The Labute approximate surface area is 571 Å². The highest BCUT2D eigenvalue weighted by Gasteiger charge is 2.40. The SMILES string of the molecule is CC(C)[C@H](NC(=O)CCC(=O)O)C(=O)N[C@@H](CCCNC(N)=O)C(=O)Nc1ccc(COC(=O)N(C)CCN(C)C(=O)Oc2ccc3c(c2)CC[C@H](c2ccccc2)[C@@H]3c2ccc(N3CCC(CN4CCN(c5ccc6c(c5)CN([C@H]5CCC(=O)NC5=O)C6=O)CC4)CC3)cc2)cc1. The number of ether oxygens (including phenoxy) is 2. The van der Waals surface area contributed by atoms with Crippen LogP contribution in [0, 0.1) is 11.8 Å². The van der Waals surface area contributed by atoms with Crippen LogP contribution in [0.5, 0.6) is 5.75 Å². The van der Waals surface area contributed by atoms with Gasteiger partial charge in [-0.25, -0.2) is 14.4 Å². The highest BCUT2D eigenvalue weighted by atomic mass is 16.6. The Kier molecular flexibility index (Phi) is 23.7. The molecule has 0 radical (unpaired) electrons. The van der Waals surface area contributed by atoms with Gasteiger partial charge in [-0.15, -0.1) is 0 Å². The molecule has 5 aliphatic rings. The number of piperidine rings is 2. The van der Waals surface area contributed by atoms with Crippen LogP contribution < -0.4 is 46.9 Å². The number of primary amides is 1. The molecule has 10 rings (SSSR count). The van der Waals surface area contributed by atoms with Gasteiger partial charge in [-0.1, -0.05) is 74.5 Å². The highest BCUT2D eigenvalue weighted by Crippen LogP contribution is 2.47. The molecule has 0 aromatic heterocycles. The number of anilines is 3. The molecule has 8 N–H and O–H groups in total. The second kappa shape index (κ2) is 32.8. The molecular formula is C73H90N12O13. The van der Waals surface area contributed by atoms with Crippen molar-refractivity contribution in [2.45, 2.75) is 121 Å². The summed E-state index contributed by atoms with van der Waals surface area (Å²) >= 11 is 0. The largest absolute Gasteiger partial charge is 0.481 e. The minimum Gasteiger partial charge on any atom is -0.481 e. The van der Waals surface area contributed by atoms with Crippen molar-refractivity contribution < 1.29 is 62.5 Å². The molecule has 4 heterocycles. The molecule has 5 aromatic rings. The fourth-order valence-corrected chi connectivity index (χ4v) is 13.8. The van der Waals surface area contributed by atoms with E-state index in [4.69, 9.17) is 20.3 Å². The molecule has 98 heavy (non-hydrogen) atoms. The number of imide groups is 1. The summed E-state index contributed by atoms with van der Waals surface area (Å²) in [5.74, 6) is -2.92. The monoisotopic (exact) mass is 1340 g/mol. The smallest absolute Gasteiger partial charge is 0.415 e. The molecule has 1 aliphatic carbocycles. The van der Waals surface area contributed by atoms with Crippen molar-refractivity contribution in [3.63, 3.8) is 0 Å². The molecule has 520 valence electrons. The van der Waals surface area contributed by atoms with E-state index in [0.29, 0.717) is 41.4 Å². The number of aliphatic carboxylic acids is 1. The maximum atomic E-state index is 13.6. The Hall–Kier alpha value is -10.0. The Balaban J connectivity index is 0.667. The van der Waals surface area contributed by atoms with E-state index >= 15 is 0 Å². The Bertz CT molecular complexity index is 3710. The van der Waals surface area contributed by atoms with E-state index in [9.17, 15) is 47.9 Å². The molecule has 25 heteroatoms. The summed E-state index contributed by atoms with van der Waals surface area (Å²) in [5, 5.41) is 21.8. The summed E-state index contributed by atoms with van der Waals surface area (Å²) in [4.78, 5) is 138. The van der Waals surface area contributed by atoms with Crippen LogP contribution in [0.15, 0.2) is 115 Å². The van der Waals surface area contributed by atoms with Crippen LogP contribution in [0.2, 0.25) is 0 Å². The first-order chi connectivity index (χ1) is 47.1. The number of benzene rings is 5. The number of urea groups is 1. The first kappa shape index (κ1) is 70.8. The van der Waals surface area contributed by atoms with Crippen LogP contribution >= 0.6 is 0 Å². The normalized spacial score (nSPS) is 18.5. The first-order valence-corrected chi connectivity index (χ1v) is 34.0. The number of piperazine rings is 1. The molecule has 25 nitrogen and oxygen atoms in total. The number of carbonyl (C=O) groups is 10. The van der Waals surface area contributed by atoms with E-state index in [1.807, 2.05) is 30.3 Å². The molecule has 3 saturated heterocycles. The molecule has 5 aromatic carbocycles. The maximum Gasteiger partial charge on any atom is 0.415 e. The van der Waals surface area contributed by atoms with Crippen molar-refractivity contribution >= 4 is 76.7 Å². The summed E-state index contributed by atoms with van der Waals surface area (Å²) in [6, 6.07) is 34.7. The number of nitrogens with two attached hydrogens (primary N) is 1. The second-order valence-corrected chi connectivity index (χ2v) is 26.6. The van der Waals surface area contributed by atoms with Gasteiger partial charge in [0.05, 0.1) is 6.42 Å². The number of likely N-dealkylation sites (N-methyl/N-ethyl adjacent to an activating group) is 2. The van der Waals surface area contributed by atoms with E-state index < -0.39 is 78.3 Å². The zero-order valence-electron chi connectivity index (χ0n) is 56.2. The third-order valence-corrected chi connectivity index (χ3v) is 19.4. The predicted octanol–water partition coefficient (Wildman–Crippen LogP) is 6.92. The molecule has 3 fully saturated rings. The highest BCUT2D eigenvalue weighted by molar-refractivity contribution is 6.05. The number of hydrogen-bond acceptors (Lipinski definition) is 15. The van der Waals surface area contributed by atoms with Crippen molar-refractivity contribution in [1.29, 1.82) is 0 Å². The number of fused-ring (bicyclic) bond motifs is 2. The lowest BCUT2D eigenvalue weighted by Crippen LogP contribution is -2.54. The van der Waals surface area contributed by atoms with Gasteiger partial charge in [0.2, 0.25) is 29.5 Å². The van der Waals surface area contributed by atoms with Crippen molar-refractivity contribution in [1.82, 2.24) is 40.9 Å². The second-order valence-electron chi connectivity index (χ2n) is 26.6. The molecule has 0 unspecified atom stereocenters. The number of amides is 10. The molecular weight excluding hydrogens is 1250 g/mol. The zero-order valence-corrected chi connectivity index (χ0v) is 56.2. The van der Waals surface area contributed by atoms with E-state index in [1.54, 1.807) is 57.1 Å². The summed E-state index contributed by atoms with van der Waals surface area (Å²) < 4.78 is 11.5. The Morgan fingerprint density at radius 3 is 2.08 bits per heavy atom. The van der Waals surface area contributed by atoms with Gasteiger partial charge in [-0.3, -0.25) is 43.8 Å². The van der Waals surface area contributed by atoms with E-state index in [-0.39, 0.29) is 75.6 Å². The van der Waals surface area contributed by atoms with Crippen molar-refractivity contribution in [3.8, 4) is 5.75 Å². The number of carbonyl (C=O) groups excluding carboxylic acids is 9. The van der Waals surface area contributed by atoms with Crippen LogP contribution in [-0.2, 0) is 53.1 Å². The first-order valence-electron chi connectivity index (χ1n) is 34.0. The van der Waals surface area contributed by atoms with E-state index in [1.165, 1.54) is 32.2 Å². The van der Waals surface area contributed by atoms with E-state index in [2.05, 4.69) is 102 Å². The minimum atomic E-state index is -1.16. The average Bonchev–Trinajstić information content (AvgIpc) is 1.10. The van der Waals surface area contributed by atoms with Crippen LogP contribution in [-0.4, -0.2) is 182 Å². The van der Waals surface area contributed by atoms with Crippen LogP contribution in [0.3, 0.4) is 0 Å². The zero-order chi connectivity index (χ0) is 69.6. The summed E-state index contributed by atoms with van der Waals surface area (Å²) in [7, 11) is 3.17. The predicted molar refractivity (Wildman–Crippen MR) is 367 cm³/mol. The van der Waals surface area contributed by atoms with Crippen molar-refractivity contribution in [2.24, 2.45) is 17.6 Å². The lowest BCUT2D eigenvalue weighted by Gasteiger charge is -2.40. The number of carboxylic acid groups (broad SMARTS) is 1. The number of aryl methyl sites for hydroxylation is 1. The lowest BCUT2D eigenvalue weighted by atomic mass is 9.69. The minimum absolute atomic E-state index is 0.0740. The quantitative estimate of drug-likeness (QED) is 0.0218. The van der Waals surface area contributed by atoms with Gasteiger partial charge in [0.15, 0.2) is 0 Å². The maximum absolute atomic E-state index is 13.6. The Morgan fingerprint density at radius 1 is 0.704 bits per heavy atom. The lowest BCUT2D eigenvalue weighted by molar-refractivity contribution is -0.139. The van der Waals surface area contributed by atoms with Gasteiger partial charge in [0.1, 0.15) is 30.5 Å². The topological polar surface area (TPSA) is 315 Å². The van der Waals surface area contributed by atoms with Gasteiger partial charge in [-0.05, 0) is 151 Å². The third kappa shape index (κ3) is 18.3. The molecule has 5 atom stereocenters. The number of carboxylic acids is 1. The summed E-state index contributed by atoms with van der Waals surface area (Å²) in [6.45, 7) is 10.9. The van der Waals surface area contributed by atoms with Gasteiger partial charge in [0, 0.05) is 127 Å². The van der Waals surface area contributed by atoms with Crippen molar-refractivity contribution in [3.05, 3.63) is 154 Å². The molecule has 0 spiro atoms. The fraction of sp³-hybridized carbons (Fsp3) is 0.452. The molecule has 10 amide bonds. The number of rotatable bonds is 26. The fourth-order valence-electron chi connectivity index (χ4n) is 13.8. The standard InChI is InChI=1S/C73H90N12O13/c1-46(2)66(78-62(86)28-29-64(88)89)69(92)77-60(11-8-32-75-71(74)94)67(90)76-53-17-12-48(13-18-53)45-97-72(95)80(3)35-36-81(4)73(96)98-56-22-25-58-51(42-56)16-23-57(49-9-6-5-7-10-49)65(58)50-14-19-54(20-15-50)83-33-30-47(31-34-83)43-82-37-39-84(40-38-82)55-21-24-59-52(41-55)44-85(70(59)93)61-26-27-63(87)79-68(61)91/h5-7,9-10,12-15,17-22,24-25,41-42,46-47,57,60-61,65-66H,8,11,16,23,26-40,43-45H2,1-4H3,(H,76,90)(H,77,92)(H,78,86)(H,88,89)(H3,74,75,94)(H,79,87,91)/t57-,60+,61+,65+,66+/m1/s1. The molecule has 0 saturated carbocycles. The van der Waals surface area contributed by atoms with Gasteiger partial charge >= 0.3 is 24.2 Å². The molecule has 0 bridgehead atoms. The summed E-state index contributed by atoms with van der Waals surface area (Å²) in [5.41, 5.74) is 14.9. The number of nitrogens with one attached hydrogen (secondary N) is 5. The number of nitrogens with zero attached hydrogens (tertiary/aromatic N) is 6. The van der Waals surface area contributed by atoms with Crippen LogP contribution in [0.1, 0.15) is 127 Å². The van der Waals surface area contributed by atoms with Crippen LogP contribution in [0.25, 0.3) is 0 Å². The summed E-state index contributed by atoms with van der Waals surface area (Å²) in [6.07, 6.45) is 2.94. The van der Waals surface area contributed by atoms with E-state index in [0.717, 1.165) is 88.3 Å². The van der Waals surface area contributed by atoms with Crippen molar-refractivity contribution in [2.75, 3.05) is 94.7 Å². The van der Waals surface area contributed by atoms with Gasteiger partial charge in [0.25, 0.3) is 5.91 Å². The number of hydrogen-bond donors (Lipinski definition) is 7. The van der Waals surface area contributed by atoms with Crippen LogP contribution in [0.4, 0.5) is 31.4 Å². The van der Waals surface area contributed by atoms with Gasteiger partial charge < -0.3 is 66.1 Å². The Morgan fingerprint density at radius 2 is 1.40 bits per heavy atom.